The van der Waals surface area contributed by atoms with Crippen molar-refractivity contribution >= 4 is 11.6 Å². The van der Waals surface area contributed by atoms with Gasteiger partial charge in [0.1, 0.15) is 13.2 Å². The SMILES string of the molecule is Cc1nc(C)c(CN2CCOc3c(C(=O)NCC(F)(F)F)cc(C4CC4)cc32)nc1C. The van der Waals surface area contributed by atoms with Gasteiger partial charge in [-0.15, -0.1) is 0 Å². The number of alkyl halides is 3. The molecule has 1 aliphatic carbocycles. The highest BCUT2D eigenvalue weighted by Crippen LogP contribution is 2.45. The first-order chi connectivity index (χ1) is 14.6. The summed E-state index contributed by atoms with van der Waals surface area (Å²) < 4.78 is 43.7. The highest BCUT2D eigenvalue weighted by Gasteiger charge is 2.33. The molecule has 31 heavy (non-hydrogen) atoms. The number of hydrogen-bond donors (Lipinski definition) is 1. The first-order valence-corrected chi connectivity index (χ1v) is 10.3. The Bertz CT molecular complexity index is 1020. The summed E-state index contributed by atoms with van der Waals surface area (Å²) in [6.07, 6.45) is -2.47. The van der Waals surface area contributed by atoms with Gasteiger partial charge >= 0.3 is 6.18 Å². The van der Waals surface area contributed by atoms with E-state index in [2.05, 4.69) is 14.9 Å². The Hall–Kier alpha value is -2.84. The number of hydrogen-bond acceptors (Lipinski definition) is 5. The zero-order valence-corrected chi connectivity index (χ0v) is 17.8. The minimum absolute atomic E-state index is 0.149. The Morgan fingerprint density at radius 2 is 1.87 bits per heavy atom. The molecule has 2 aromatic rings. The van der Waals surface area contributed by atoms with Crippen molar-refractivity contribution in [1.82, 2.24) is 15.3 Å². The topological polar surface area (TPSA) is 67.4 Å². The monoisotopic (exact) mass is 434 g/mol. The average Bonchev–Trinajstić information content (AvgIpc) is 3.54. The Morgan fingerprint density at radius 3 is 2.55 bits per heavy atom. The third kappa shape index (κ3) is 4.75. The van der Waals surface area contributed by atoms with Crippen LogP contribution < -0.4 is 15.0 Å². The molecule has 9 heteroatoms. The summed E-state index contributed by atoms with van der Waals surface area (Å²) in [7, 11) is 0. The zero-order valence-electron chi connectivity index (χ0n) is 17.8. The van der Waals surface area contributed by atoms with Crippen molar-refractivity contribution in [2.75, 3.05) is 24.6 Å². The number of carbonyl (C=O) groups excluding carboxylic acids is 1. The molecule has 0 atom stereocenters. The Balaban J connectivity index is 1.69. The lowest BCUT2D eigenvalue weighted by Gasteiger charge is -2.33. The number of rotatable bonds is 5. The minimum Gasteiger partial charge on any atom is -0.489 e. The van der Waals surface area contributed by atoms with Crippen LogP contribution in [0.15, 0.2) is 12.1 Å². The fourth-order valence-corrected chi connectivity index (χ4v) is 3.75. The molecule has 6 nitrogen and oxygen atoms in total. The molecule has 0 unspecified atom stereocenters. The highest BCUT2D eigenvalue weighted by molar-refractivity contribution is 5.99. The number of anilines is 1. The number of fused-ring (bicyclic) bond motifs is 1. The van der Waals surface area contributed by atoms with E-state index in [1.54, 1.807) is 6.07 Å². The third-order valence-corrected chi connectivity index (χ3v) is 5.70. The number of amides is 1. The predicted octanol–water partition coefficient (Wildman–Crippen LogP) is 3.97. The van der Waals surface area contributed by atoms with Crippen LogP contribution in [0.1, 0.15) is 57.5 Å². The summed E-state index contributed by atoms with van der Waals surface area (Å²) in [5, 5.41) is 1.98. The first kappa shape index (κ1) is 21.4. The van der Waals surface area contributed by atoms with E-state index >= 15 is 0 Å². The van der Waals surface area contributed by atoms with Gasteiger partial charge in [-0.05, 0) is 57.2 Å². The van der Waals surface area contributed by atoms with E-state index in [1.165, 1.54) is 0 Å². The smallest absolute Gasteiger partial charge is 0.405 e. The summed E-state index contributed by atoms with van der Waals surface area (Å²) in [6.45, 7) is 5.74. The van der Waals surface area contributed by atoms with Crippen LogP contribution in [-0.2, 0) is 6.54 Å². The molecule has 1 aromatic heterocycles. The van der Waals surface area contributed by atoms with Crippen LogP contribution in [0, 0.1) is 20.8 Å². The van der Waals surface area contributed by atoms with E-state index in [0.29, 0.717) is 37.1 Å². The molecule has 0 spiro atoms. The van der Waals surface area contributed by atoms with Gasteiger partial charge in [0.15, 0.2) is 5.75 Å². The van der Waals surface area contributed by atoms with E-state index in [4.69, 9.17) is 4.74 Å². The molecule has 2 aliphatic rings. The Kier molecular flexibility index (Phi) is 5.53. The quantitative estimate of drug-likeness (QED) is 0.771. The second kappa shape index (κ2) is 8.01. The van der Waals surface area contributed by atoms with Crippen LogP contribution in [0.5, 0.6) is 5.75 Å². The van der Waals surface area contributed by atoms with Crippen molar-refractivity contribution in [3.63, 3.8) is 0 Å². The third-order valence-electron chi connectivity index (χ3n) is 5.70. The van der Waals surface area contributed by atoms with Crippen molar-refractivity contribution in [3.8, 4) is 5.75 Å². The van der Waals surface area contributed by atoms with Gasteiger partial charge in [0.05, 0.1) is 47.1 Å². The molecule has 1 aromatic carbocycles. The lowest BCUT2D eigenvalue weighted by atomic mass is 10.0. The molecule has 166 valence electrons. The van der Waals surface area contributed by atoms with Crippen molar-refractivity contribution in [3.05, 3.63) is 46.0 Å². The number of ether oxygens (including phenoxy) is 1. The fraction of sp³-hybridized carbons (Fsp3) is 0.500. The molecule has 1 N–H and O–H groups in total. The van der Waals surface area contributed by atoms with E-state index < -0.39 is 18.6 Å². The summed E-state index contributed by atoms with van der Waals surface area (Å²) in [5.41, 5.74) is 5.21. The Labute approximate surface area is 178 Å². The molecule has 4 rings (SSSR count). The number of benzene rings is 1. The highest BCUT2D eigenvalue weighted by atomic mass is 19.4. The summed E-state index contributed by atoms with van der Waals surface area (Å²) in [5.74, 6) is -0.128. The van der Waals surface area contributed by atoms with Crippen LogP contribution in [-0.4, -0.2) is 41.7 Å². The molecule has 0 saturated heterocycles. The normalized spacial score (nSPS) is 16.0. The molecule has 1 aliphatic heterocycles. The van der Waals surface area contributed by atoms with Crippen LogP contribution >= 0.6 is 0 Å². The predicted molar refractivity (Wildman–Crippen MR) is 110 cm³/mol. The number of nitrogens with one attached hydrogen (secondary N) is 1. The molecule has 2 heterocycles. The lowest BCUT2D eigenvalue weighted by Crippen LogP contribution is -2.36. The van der Waals surface area contributed by atoms with E-state index in [9.17, 15) is 18.0 Å². The van der Waals surface area contributed by atoms with Crippen LogP contribution in [0.25, 0.3) is 0 Å². The molecule has 1 saturated carbocycles. The molecule has 1 fully saturated rings. The van der Waals surface area contributed by atoms with E-state index in [0.717, 1.165) is 41.2 Å². The second-order valence-electron chi connectivity index (χ2n) is 8.19. The second-order valence-corrected chi connectivity index (χ2v) is 8.19. The molecular formula is C22H25F3N4O2. The number of aryl methyl sites for hydroxylation is 3. The number of carbonyl (C=O) groups is 1. The standard InChI is InChI=1S/C22H25F3N4O2/c1-12-13(2)28-18(14(3)27-12)10-29-6-7-31-20-17(21(30)26-11-22(23,24)25)8-16(9-19(20)29)15-4-5-15/h8-9,15H,4-7,10-11H2,1-3H3,(H,26,30). The number of halogens is 3. The zero-order chi connectivity index (χ0) is 22.3. The van der Waals surface area contributed by atoms with E-state index in [-0.39, 0.29) is 5.56 Å². The van der Waals surface area contributed by atoms with Gasteiger partial charge in [-0.25, -0.2) is 0 Å². The summed E-state index contributed by atoms with van der Waals surface area (Å²) in [4.78, 5) is 23.9. The molecule has 0 bridgehead atoms. The van der Waals surface area contributed by atoms with Crippen molar-refractivity contribution in [2.24, 2.45) is 0 Å². The number of nitrogens with zero attached hydrogens (tertiary/aromatic N) is 3. The van der Waals surface area contributed by atoms with Crippen molar-refractivity contribution < 1.29 is 22.7 Å². The van der Waals surface area contributed by atoms with Gasteiger partial charge in [0.25, 0.3) is 5.91 Å². The van der Waals surface area contributed by atoms with Gasteiger partial charge in [-0.2, -0.15) is 13.2 Å². The molecule has 1 amide bonds. The van der Waals surface area contributed by atoms with Crippen molar-refractivity contribution in [1.29, 1.82) is 0 Å². The maximum atomic E-state index is 12.6. The first-order valence-electron chi connectivity index (χ1n) is 10.3. The van der Waals surface area contributed by atoms with Crippen LogP contribution in [0.2, 0.25) is 0 Å². The van der Waals surface area contributed by atoms with Gasteiger partial charge in [-0.3, -0.25) is 14.8 Å². The lowest BCUT2D eigenvalue weighted by molar-refractivity contribution is -0.123. The van der Waals surface area contributed by atoms with Gasteiger partial charge in [0.2, 0.25) is 0 Å². The van der Waals surface area contributed by atoms with Gasteiger partial charge in [0, 0.05) is 0 Å². The fourth-order valence-electron chi connectivity index (χ4n) is 3.75. The average molecular weight is 434 g/mol. The Morgan fingerprint density at radius 1 is 1.16 bits per heavy atom. The minimum atomic E-state index is -4.48. The summed E-state index contributed by atoms with van der Waals surface area (Å²) in [6, 6.07) is 3.67. The maximum absolute atomic E-state index is 12.6. The van der Waals surface area contributed by atoms with Gasteiger partial charge in [-0.1, -0.05) is 0 Å². The largest absolute Gasteiger partial charge is 0.489 e. The molecular weight excluding hydrogens is 409 g/mol. The van der Waals surface area contributed by atoms with Gasteiger partial charge < -0.3 is 15.0 Å². The molecule has 0 radical (unpaired) electrons. The maximum Gasteiger partial charge on any atom is 0.405 e. The summed E-state index contributed by atoms with van der Waals surface area (Å²) >= 11 is 0. The van der Waals surface area contributed by atoms with Crippen LogP contribution in [0.4, 0.5) is 18.9 Å². The van der Waals surface area contributed by atoms with Crippen molar-refractivity contribution in [2.45, 2.75) is 52.3 Å². The van der Waals surface area contributed by atoms with E-state index in [1.807, 2.05) is 32.2 Å². The van der Waals surface area contributed by atoms with Crippen LogP contribution in [0.3, 0.4) is 0 Å². The number of aromatic nitrogens is 2.